The zero-order chi connectivity index (χ0) is 14.3. The van der Waals surface area contributed by atoms with Gasteiger partial charge in [0.2, 0.25) is 0 Å². The van der Waals surface area contributed by atoms with Gasteiger partial charge in [-0.15, -0.1) is 0 Å². The van der Waals surface area contributed by atoms with Crippen LogP contribution in [0.1, 0.15) is 50.2 Å². The van der Waals surface area contributed by atoms with Crippen LogP contribution in [0.3, 0.4) is 0 Å². The Morgan fingerprint density at radius 1 is 1.05 bits per heavy atom. The van der Waals surface area contributed by atoms with Crippen molar-refractivity contribution >= 4 is 0 Å². The van der Waals surface area contributed by atoms with E-state index < -0.39 is 12.6 Å². The molecule has 0 saturated heterocycles. The van der Waals surface area contributed by atoms with E-state index in [4.69, 9.17) is 0 Å². The van der Waals surface area contributed by atoms with Crippen LogP contribution in [0.4, 0.5) is 13.2 Å². The van der Waals surface area contributed by atoms with Crippen molar-refractivity contribution in [2.75, 3.05) is 6.54 Å². The smallest absolute Gasteiger partial charge is 0.313 e. The summed E-state index contributed by atoms with van der Waals surface area (Å²) >= 11 is 0. The molecule has 0 heterocycles. The second kappa shape index (κ2) is 7.53. The number of halogens is 3. The number of rotatable bonds is 7. The van der Waals surface area contributed by atoms with Crippen LogP contribution in [0.25, 0.3) is 0 Å². The second-order valence-corrected chi connectivity index (χ2v) is 5.15. The molecule has 0 aliphatic rings. The van der Waals surface area contributed by atoms with Gasteiger partial charge in [-0.2, -0.15) is 13.2 Å². The van der Waals surface area contributed by atoms with Gasteiger partial charge in [0.15, 0.2) is 0 Å². The largest absolute Gasteiger partial charge is 0.389 e. The molecule has 1 rings (SSSR count). The molecule has 0 aliphatic carbocycles. The molecule has 0 fully saturated rings. The summed E-state index contributed by atoms with van der Waals surface area (Å²) in [7, 11) is 0. The lowest BCUT2D eigenvalue weighted by Crippen LogP contribution is -2.15. The van der Waals surface area contributed by atoms with Crippen molar-refractivity contribution in [1.29, 1.82) is 0 Å². The third-order valence-electron chi connectivity index (χ3n) is 3.04. The molecule has 0 aliphatic heterocycles. The summed E-state index contributed by atoms with van der Waals surface area (Å²) < 4.78 is 35.7. The van der Waals surface area contributed by atoms with E-state index in [0.717, 1.165) is 0 Å². The predicted octanol–water partition coefficient (Wildman–Crippen LogP) is 4.63. The van der Waals surface area contributed by atoms with Crippen molar-refractivity contribution in [1.82, 2.24) is 5.32 Å². The maximum absolute atomic E-state index is 11.9. The molecule has 0 bridgehead atoms. The number of hydrogen-bond donors (Lipinski definition) is 1. The monoisotopic (exact) mass is 273 g/mol. The highest BCUT2D eigenvalue weighted by molar-refractivity contribution is 5.24. The van der Waals surface area contributed by atoms with Crippen molar-refractivity contribution in [3.63, 3.8) is 0 Å². The fraction of sp³-hybridized carbons (Fsp3) is 0.600. The summed E-state index contributed by atoms with van der Waals surface area (Å²) in [6, 6.07) is 8.34. The van der Waals surface area contributed by atoms with Crippen LogP contribution in [-0.2, 0) is 6.54 Å². The minimum Gasteiger partial charge on any atom is -0.313 e. The van der Waals surface area contributed by atoms with Crippen molar-refractivity contribution in [3.8, 4) is 0 Å². The summed E-state index contributed by atoms with van der Waals surface area (Å²) in [5.41, 5.74) is 2.47. The van der Waals surface area contributed by atoms with Crippen LogP contribution in [0.2, 0.25) is 0 Å². The first kappa shape index (κ1) is 16.0. The highest BCUT2D eigenvalue weighted by Gasteiger charge is 2.25. The van der Waals surface area contributed by atoms with Gasteiger partial charge in [0.05, 0.1) is 0 Å². The first-order valence-electron chi connectivity index (χ1n) is 6.75. The Bertz CT molecular complexity index is 355. The fourth-order valence-corrected chi connectivity index (χ4v) is 1.83. The minimum absolute atomic E-state index is 0.197. The van der Waals surface area contributed by atoms with Crippen molar-refractivity contribution in [2.24, 2.45) is 0 Å². The van der Waals surface area contributed by atoms with Crippen LogP contribution < -0.4 is 5.32 Å². The Kier molecular flexibility index (Phi) is 6.35. The number of nitrogens with one attached hydrogen (secondary N) is 1. The molecule has 0 amide bonds. The molecule has 0 saturated carbocycles. The first-order chi connectivity index (χ1) is 8.88. The van der Waals surface area contributed by atoms with Gasteiger partial charge < -0.3 is 5.32 Å². The van der Waals surface area contributed by atoms with Crippen LogP contribution in [0.5, 0.6) is 0 Å². The lowest BCUT2D eigenvalue weighted by molar-refractivity contribution is -0.135. The van der Waals surface area contributed by atoms with Gasteiger partial charge in [-0.05, 0) is 36.4 Å². The van der Waals surface area contributed by atoms with Gasteiger partial charge in [0.25, 0.3) is 0 Å². The van der Waals surface area contributed by atoms with E-state index in [1.54, 1.807) is 0 Å². The average molecular weight is 273 g/mol. The lowest BCUT2D eigenvalue weighted by Gasteiger charge is -2.09. The zero-order valence-electron chi connectivity index (χ0n) is 11.6. The number of hydrogen-bond acceptors (Lipinski definition) is 1. The topological polar surface area (TPSA) is 12.0 Å². The summed E-state index contributed by atoms with van der Waals surface area (Å²) in [5.74, 6) is 0.518. The molecule has 1 nitrogen and oxygen atoms in total. The van der Waals surface area contributed by atoms with E-state index in [9.17, 15) is 13.2 Å². The predicted molar refractivity (Wildman–Crippen MR) is 72.1 cm³/mol. The quantitative estimate of drug-likeness (QED) is 0.714. The van der Waals surface area contributed by atoms with E-state index in [-0.39, 0.29) is 6.42 Å². The first-order valence-corrected chi connectivity index (χ1v) is 6.75. The van der Waals surface area contributed by atoms with E-state index >= 15 is 0 Å². The summed E-state index contributed by atoms with van der Waals surface area (Å²) in [5, 5.41) is 3.17. The maximum atomic E-state index is 11.9. The van der Waals surface area contributed by atoms with E-state index in [0.29, 0.717) is 25.4 Å². The molecular weight excluding hydrogens is 251 g/mol. The van der Waals surface area contributed by atoms with Crippen LogP contribution >= 0.6 is 0 Å². The number of benzene rings is 1. The van der Waals surface area contributed by atoms with Crippen LogP contribution in [0.15, 0.2) is 24.3 Å². The fourth-order valence-electron chi connectivity index (χ4n) is 1.83. The molecule has 108 valence electrons. The molecule has 1 aromatic rings. The van der Waals surface area contributed by atoms with Crippen LogP contribution in [0, 0.1) is 0 Å². The minimum atomic E-state index is -4.02. The van der Waals surface area contributed by atoms with Gasteiger partial charge in [0.1, 0.15) is 0 Å². The Morgan fingerprint density at radius 2 is 1.68 bits per heavy atom. The van der Waals surface area contributed by atoms with Crippen molar-refractivity contribution in [3.05, 3.63) is 35.4 Å². The summed E-state index contributed by atoms with van der Waals surface area (Å²) in [4.78, 5) is 0. The lowest BCUT2D eigenvalue weighted by atomic mass is 10.0. The van der Waals surface area contributed by atoms with Crippen LogP contribution in [-0.4, -0.2) is 12.7 Å². The van der Waals surface area contributed by atoms with E-state index in [1.807, 2.05) is 0 Å². The molecule has 19 heavy (non-hydrogen) atoms. The van der Waals surface area contributed by atoms with E-state index in [1.165, 1.54) is 11.1 Å². The van der Waals surface area contributed by atoms with Gasteiger partial charge >= 0.3 is 6.18 Å². The van der Waals surface area contributed by atoms with Crippen molar-refractivity contribution < 1.29 is 13.2 Å². The number of alkyl halides is 3. The molecule has 0 spiro atoms. The van der Waals surface area contributed by atoms with Gasteiger partial charge in [-0.1, -0.05) is 38.1 Å². The third-order valence-corrected chi connectivity index (χ3v) is 3.04. The normalized spacial score (nSPS) is 12.1. The Labute approximate surface area is 113 Å². The van der Waals surface area contributed by atoms with E-state index in [2.05, 4.69) is 43.4 Å². The zero-order valence-corrected chi connectivity index (χ0v) is 11.6. The standard InChI is InChI=1S/C15H22F3N/c1-12(2)14-7-5-13(6-8-14)11-19-10-4-3-9-15(16,17)18/h5-8,12,19H,3-4,9-11H2,1-2H3. The summed E-state index contributed by atoms with van der Waals surface area (Å²) in [6.45, 7) is 5.63. The average Bonchev–Trinajstić information content (AvgIpc) is 2.33. The summed E-state index contributed by atoms with van der Waals surface area (Å²) in [6.07, 6.45) is -3.95. The maximum Gasteiger partial charge on any atom is 0.389 e. The third kappa shape index (κ3) is 7.21. The molecule has 0 atom stereocenters. The van der Waals surface area contributed by atoms with Crippen molar-refractivity contribution in [2.45, 2.75) is 51.7 Å². The Hall–Kier alpha value is -1.03. The van der Waals surface area contributed by atoms with Gasteiger partial charge in [-0.25, -0.2) is 0 Å². The molecule has 0 radical (unpaired) electrons. The number of unbranched alkanes of at least 4 members (excludes halogenated alkanes) is 1. The molecular formula is C15H22F3N. The molecule has 0 aromatic heterocycles. The second-order valence-electron chi connectivity index (χ2n) is 5.15. The molecule has 4 heteroatoms. The SMILES string of the molecule is CC(C)c1ccc(CNCCCCC(F)(F)F)cc1. The molecule has 0 unspecified atom stereocenters. The highest BCUT2D eigenvalue weighted by atomic mass is 19.4. The van der Waals surface area contributed by atoms with Gasteiger partial charge in [-0.3, -0.25) is 0 Å². The van der Waals surface area contributed by atoms with Gasteiger partial charge in [0, 0.05) is 13.0 Å². The molecule has 1 aromatic carbocycles. The molecule has 1 N–H and O–H groups in total. The Morgan fingerprint density at radius 3 is 2.21 bits per heavy atom. The highest BCUT2D eigenvalue weighted by Crippen LogP contribution is 2.21. The Balaban J connectivity index is 2.16.